The molecule has 16 heavy (non-hydrogen) atoms. The Kier molecular flexibility index (Phi) is 8.49. The average Bonchev–Trinajstić information content (AvgIpc) is 2.24. The highest BCUT2D eigenvalue weighted by molar-refractivity contribution is 5.77. The van der Waals surface area contributed by atoms with E-state index in [1.807, 2.05) is 18.9 Å². The first-order valence-electron chi connectivity index (χ1n) is 5.44. The molecule has 0 aliphatic rings. The average molecular weight is 227 g/mol. The van der Waals surface area contributed by atoms with Gasteiger partial charge in [-0.05, 0) is 20.4 Å². The van der Waals surface area contributed by atoms with Crippen LogP contribution in [0.2, 0.25) is 0 Å². The van der Waals surface area contributed by atoms with E-state index in [2.05, 4.69) is 11.4 Å². The van der Waals surface area contributed by atoms with Crippen LogP contribution in [-0.2, 0) is 9.53 Å². The van der Waals surface area contributed by atoms with Crippen LogP contribution in [0.25, 0.3) is 0 Å². The predicted octanol–water partition coefficient (Wildman–Crippen LogP) is 0.373. The normalized spacial score (nSPS) is 12.2. The van der Waals surface area contributed by atoms with Crippen molar-refractivity contribution < 1.29 is 9.53 Å². The molecular formula is C11H21N3O2. The number of rotatable bonds is 8. The lowest BCUT2D eigenvalue weighted by atomic mass is 10.2. The number of hydrogen-bond donors (Lipinski definition) is 1. The standard InChI is InChI=1S/C11H21N3O2/c1-10(5-6-12)14(2)9-11(15)13-7-4-8-16-3/h10H,4-5,7-9H2,1-3H3,(H,13,15). The van der Waals surface area contributed by atoms with Crippen LogP contribution in [-0.4, -0.2) is 50.7 Å². The molecule has 0 aromatic heterocycles. The monoisotopic (exact) mass is 227 g/mol. The van der Waals surface area contributed by atoms with Crippen molar-refractivity contribution in [1.29, 1.82) is 5.26 Å². The Bertz CT molecular complexity index is 238. The van der Waals surface area contributed by atoms with Crippen molar-refractivity contribution in [2.24, 2.45) is 0 Å². The first-order valence-corrected chi connectivity index (χ1v) is 5.44. The predicted molar refractivity (Wildman–Crippen MR) is 61.8 cm³/mol. The van der Waals surface area contributed by atoms with Gasteiger partial charge in [0.05, 0.1) is 19.0 Å². The lowest BCUT2D eigenvalue weighted by Gasteiger charge is -2.21. The van der Waals surface area contributed by atoms with Gasteiger partial charge in [0, 0.05) is 26.3 Å². The zero-order valence-corrected chi connectivity index (χ0v) is 10.3. The van der Waals surface area contributed by atoms with Gasteiger partial charge < -0.3 is 10.1 Å². The second-order valence-corrected chi connectivity index (χ2v) is 3.82. The largest absolute Gasteiger partial charge is 0.385 e. The molecule has 1 amide bonds. The molecule has 0 aromatic carbocycles. The lowest BCUT2D eigenvalue weighted by Crippen LogP contribution is -2.39. The van der Waals surface area contributed by atoms with E-state index in [-0.39, 0.29) is 11.9 Å². The van der Waals surface area contributed by atoms with Crippen LogP contribution < -0.4 is 5.32 Å². The molecular weight excluding hydrogens is 206 g/mol. The summed E-state index contributed by atoms with van der Waals surface area (Å²) in [6, 6.07) is 2.20. The minimum atomic E-state index is -0.0107. The minimum absolute atomic E-state index is 0.0107. The van der Waals surface area contributed by atoms with E-state index in [1.165, 1.54) is 0 Å². The van der Waals surface area contributed by atoms with Gasteiger partial charge in [-0.25, -0.2) is 0 Å². The van der Waals surface area contributed by atoms with E-state index in [0.29, 0.717) is 26.1 Å². The second-order valence-electron chi connectivity index (χ2n) is 3.82. The molecule has 5 heteroatoms. The molecule has 1 N–H and O–H groups in total. The summed E-state index contributed by atoms with van der Waals surface area (Å²) in [4.78, 5) is 13.3. The first kappa shape index (κ1) is 14.9. The third kappa shape index (κ3) is 7.21. The Morgan fingerprint density at radius 2 is 2.31 bits per heavy atom. The van der Waals surface area contributed by atoms with Gasteiger partial charge in [0.25, 0.3) is 0 Å². The number of methoxy groups -OCH3 is 1. The number of likely N-dealkylation sites (N-methyl/N-ethyl adjacent to an activating group) is 1. The van der Waals surface area contributed by atoms with Crippen LogP contribution in [0, 0.1) is 11.3 Å². The Hall–Kier alpha value is -1.12. The van der Waals surface area contributed by atoms with Crippen molar-refractivity contribution in [1.82, 2.24) is 10.2 Å². The number of carbonyl (C=O) groups excluding carboxylic acids is 1. The zero-order chi connectivity index (χ0) is 12.4. The first-order chi connectivity index (χ1) is 7.61. The summed E-state index contributed by atoms with van der Waals surface area (Å²) in [6.45, 7) is 3.55. The summed E-state index contributed by atoms with van der Waals surface area (Å²) < 4.78 is 4.88. The van der Waals surface area contributed by atoms with E-state index < -0.39 is 0 Å². The molecule has 0 aliphatic carbocycles. The summed E-state index contributed by atoms with van der Waals surface area (Å²) in [5.74, 6) is -0.0107. The fraction of sp³-hybridized carbons (Fsp3) is 0.818. The molecule has 0 fully saturated rings. The number of nitrogens with one attached hydrogen (secondary N) is 1. The lowest BCUT2D eigenvalue weighted by molar-refractivity contribution is -0.122. The number of ether oxygens (including phenoxy) is 1. The van der Waals surface area contributed by atoms with Crippen molar-refractivity contribution in [3.05, 3.63) is 0 Å². The SMILES string of the molecule is COCCCNC(=O)CN(C)C(C)CC#N. The fourth-order valence-electron chi connectivity index (χ4n) is 1.17. The molecule has 0 bridgehead atoms. The van der Waals surface area contributed by atoms with Gasteiger partial charge >= 0.3 is 0 Å². The molecule has 0 rings (SSSR count). The van der Waals surface area contributed by atoms with Gasteiger partial charge in [0.15, 0.2) is 0 Å². The quantitative estimate of drug-likeness (QED) is 0.609. The molecule has 0 aliphatic heterocycles. The maximum Gasteiger partial charge on any atom is 0.234 e. The van der Waals surface area contributed by atoms with Gasteiger partial charge in [0.2, 0.25) is 5.91 Å². The molecule has 0 saturated carbocycles. The Morgan fingerprint density at radius 1 is 1.62 bits per heavy atom. The molecule has 1 atom stereocenters. The molecule has 92 valence electrons. The van der Waals surface area contributed by atoms with Crippen LogP contribution >= 0.6 is 0 Å². The van der Waals surface area contributed by atoms with Crippen LogP contribution in [0.5, 0.6) is 0 Å². The molecule has 0 heterocycles. The van der Waals surface area contributed by atoms with Crippen LogP contribution in [0.1, 0.15) is 19.8 Å². The van der Waals surface area contributed by atoms with Gasteiger partial charge in [-0.1, -0.05) is 0 Å². The van der Waals surface area contributed by atoms with Gasteiger partial charge in [-0.3, -0.25) is 9.69 Å². The van der Waals surface area contributed by atoms with Crippen LogP contribution in [0.4, 0.5) is 0 Å². The highest BCUT2D eigenvalue weighted by Gasteiger charge is 2.11. The topological polar surface area (TPSA) is 65.4 Å². The summed E-state index contributed by atoms with van der Waals surface area (Å²) in [5, 5.41) is 11.3. The van der Waals surface area contributed by atoms with E-state index in [1.54, 1.807) is 7.11 Å². The van der Waals surface area contributed by atoms with E-state index in [0.717, 1.165) is 6.42 Å². The summed E-state index contributed by atoms with van der Waals surface area (Å²) in [6.07, 6.45) is 1.26. The van der Waals surface area contributed by atoms with Crippen molar-refractivity contribution >= 4 is 5.91 Å². The molecule has 0 spiro atoms. The number of carbonyl (C=O) groups is 1. The van der Waals surface area contributed by atoms with Gasteiger partial charge in [-0.2, -0.15) is 5.26 Å². The maximum atomic E-state index is 11.4. The summed E-state index contributed by atoms with van der Waals surface area (Å²) in [7, 11) is 3.48. The second kappa shape index (κ2) is 9.13. The van der Waals surface area contributed by atoms with Crippen molar-refractivity contribution in [2.75, 3.05) is 33.9 Å². The van der Waals surface area contributed by atoms with E-state index >= 15 is 0 Å². The maximum absolute atomic E-state index is 11.4. The van der Waals surface area contributed by atoms with Gasteiger partial charge in [-0.15, -0.1) is 0 Å². The third-order valence-electron chi connectivity index (χ3n) is 2.38. The van der Waals surface area contributed by atoms with Crippen molar-refractivity contribution in [3.63, 3.8) is 0 Å². The third-order valence-corrected chi connectivity index (χ3v) is 2.38. The molecule has 0 radical (unpaired) electrons. The van der Waals surface area contributed by atoms with E-state index in [4.69, 9.17) is 10.00 Å². The summed E-state index contributed by atoms with van der Waals surface area (Å²) in [5.41, 5.74) is 0. The van der Waals surface area contributed by atoms with Crippen molar-refractivity contribution in [2.45, 2.75) is 25.8 Å². The molecule has 0 saturated heterocycles. The zero-order valence-electron chi connectivity index (χ0n) is 10.3. The summed E-state index contributed by atoms with van der Waals surface area (Å²) >= 11 is 0. The molecule has 1 unspecified atom stereocenters. The Balaban J connectivity index is 3.66. The number of nitriles is 1. The van der Waals surface area contributed by atoms with Crippen LogP contribution in [0.15, 0.2) is 0 Å². The van der Waals surface area contributed by atoms with Crippen LogP contribution in [0.3, 0.4) is 0 Å². The highest BCUT2D eigenvalue weighted by Crippen LogP contribution is 1.98. The minimum Gasteiger partial charge on any atom is -0.385 e. The molecule has 5 nitrogen and oxygen atoms in total. The van der Waals surface area contributed by atoms with Crippen molar-refractivity contribution in [3.8, 4) is 6.07 Å². The number of nitrogens with zero attached hydrogens (tertiary/aromatic N) is 2. The van der Waals surface area contributed by atoms with E-state index in [9.17, 15) is 4.79 Å². The number of amides is 1. The highest BCUT2D eigenvalue weighted by atomic mass is 16.5. The van der Waals surface area contributed by atoms with Gasteiger partial charge in [0.1, 0.15) is 0 Å². The Morgan fingerprint density at radius 3 is 2.88 bits per heavy atom. The number of hydrogen-bond acceptors (Lipinski definition) is 4. The molecule has 0 aromatic rings. The Labute approximate surface area is 97.4 Å². The smallest absolute Gasteiger partial charge is 0.234 e. The fourth-order valence-corrected chi connectivity index (χ4v) is 1.17.